The van der Waals surface area contributed by atoms with Crippen molar-refractivity contribution in [2.45, 2.75) is 25.3 Å². The Morgan fingerprint density at radius 1 is 1.46 bits per heavy atom. The van der Waals surface area contributed by atoms with Gasteiger partial charge in [-0.05, 0) is 43.5 Å². The lowest BCUT2D eigenvalue weighted by Crippen LogP contribution is -2.22. The van der Waals surface area contributed by atoms with Crippen LogP contribution < -0.4 is 11.1 Å². The Bertz CT molecular complexity index is 307. The maximum Gasteiger partial charge on any atom is 0.0365 e. The lowest BCUT2D eigenvalue weighted by Gasteiger charge is -2.26. The van der Waals surface area contributed by atoms with Gasteiger partial charge >= 0.3 is 0 Å². The fourth-order valence-corrected chi connectivity index (χ4v) is 2.21. The Morgan fingerprint density at radius 2 is 2.31 bits per heavy atom. The Kier molecular flexibility index (Phi) is 2.23. The molecule has 0 saturated carbocycles. The molecule has 2 rings (SSSR count). The molecule has 1 unspecified atom stereocenters. The van der Waals surface area contributed by atoms with Crippen LogP contribution in [-0.2, 0) is 6.42 Å². The summed E-state index contributed by atoms with van der Waals surface area (Å²) in [4.78, 5) is 0. The van der Waals surface area contributed by atoms with Crippen molar-refractivity contribution in [2.75, 3.05) is 12.8 Å². The number of anilines is 1. The van der Waals surface area contributed by atoms with E-state index in [0.717, 1.165) is 5.69 Å². The van der Waals surface area contributed by atoms with Crippen molar-refractivity contribution in [3.63, 3.8) is 0 Å². The first-order chi connectivity index (χ1) is 6.33. The second-order valence-corrected chi connectivity index (χ2v) is 3.65. The monoisotopic (exact) mass is 176 g/mol. The minimum Gasteiger partial charge on any atom is -0.398 e. The van der Waals surface area contributed by atoms with E-state index < -0.39 is 0 Å². The highest BCUT2D eigenvalue weighted by Gasteiger charge is 2.20. The third-order valence-electron chi connectivity index (χ3n) is 2.87. The van der Waals surface area contributed by atoms with Crippen LogP contribution >= 0.6 is 0 Å². The van der Waals surface area contributed by atoms with Gasteiger partial charge in [-0.25, -0.2) is 0 Å². The Labute approximate surface area is 79.1 Å². The zero-order valence-corrected chi connectivity index (χ0v) is 8.01. The third kappa shape index (κ3) is 1.42. The Balaban J connectivity index is 2.47. The fraction of sp³-hybridized carbons (Fsp3) is 0.455. The summed E-state index contributed by atoms with van der Waals surface area (Å²) in [7, 11) is 2.01. The second kappa shape index (κ2) is 3.38. The summed E-state index contributed by atoms with van der Waals surface area (Å²) in [5, 5.41) is 3.32. The van der Waals surface area contributed by atoms with Gasteiger partial charge in [0, 0.05) is 11.7 Å². The predicted octanol–water partition coefficient (Wildman–Crippen LogP) is 1.87. The van der Waals surface area contributed by atoms with Gasteiger partial charge in [0.25, 0.3) is 0 Å². The minimum absolute atomic E-state index is 0.463. The van der Waals surface area contributed by atoms with E-state index in [-0.39, 0.29) is 0 Å². The topological polar surface area (TPSA) is 38.0 Å². The summed E-state index contributed by atoms with van der Waals surface area (Å²) in [5.41, 5.74) is 9.66. The van der Waals surface area contributed by atoms with Crippen LogP contribution in [-0.4, -0.2) is 7.05 Å². The molecule has 0 heterocycles. The first-order valence-electron chi connectivity index (χ1n) is 4.87. The molecule has 0 aromatic heterocycles. The van der Waals surface area contributed by atoms with Crippen LogP contribution in [0, 0.1) is 0 Å². The van der Waals surface area contributed by atoms with Crippen LogP contribution in [0.3, 0.4) is 0 Å². The molecule has 2 nitrogen and oxygen atoms in total. The molecule has 1 aromatic rings. The van der Waals surface area contributed by atoms with Crippen LogP contribution in [0.4, 0.5) is 5.69 Å². The highest BCUT2D eigenvalue weighted by molar-refractivity contribution is 5.53. The summed E-state index contributed by atoms with van der Waals surface area (Å²) < 4.78 is 0. The van der Waals surface area contributed by atoms with E-state index in [1.54, 1.807) is 0 Å². The molecule has 3 N–H and O–H groups in total. The Morgan fingerprint density at radius 3 is 3.08 bits per heavy atom. The first kappa shape index (κ1) is 8.57. The van der Waals surface area contributed by atoms with Crippen molar-refractivity contribution in [2.24, 2.45) is 0 Å². The maximum absolute atomic E-state index is 5.97. The van der Waals surface area contributed by atoms with E-state index in [0.29, 0.717) is 6.04 Å². The van der Waals surface area contributed by atoms with Gasteiger partial charge in [0.1, 0.15) is 0 Å². The molecule has 1 atom stereocenters. The van der Waals surface area contributed by atoms with Gasteiger partial charge in [0.2, 0.25) is 0 Å². The van der Waals surface area contributed by atoms with E-state index >= 15 is 0 Å². The maximum atomic E-state index is 5.97. The van der Waals surface area contributed by atoms with E-state index in [4.69, 9.17) is 5.73 Å². The van der Waals surface area contributed by atoms with Gasteiger partial charge in [0.15, 0.2) is 0 Å². The average Bonchev–Trinajstić information content (AvgIpc) is 2.17. The van der Waals surface area contributed by atoms with Crippen molar-refractivity contribution >= 4 is 5.69 Å². The highest BCUT2D eigenvalue weighted by atomic mass is 14.9. The molecule has 1 aliphatic carbocycles. The number of nitrogens with two attached hydrogens (primary N) is 1. The van der Waals surface area contributed by atoms with Gasteiger partial charge in [0.05, 0.1) is 0 Å². The lowest BCUT2D eigenvalue weighted by molar-refractivity contribution is 0.498. The molecule has 0 fully saturated rings. The number of rotatable bonds is 1. The molecule has 1 aliphatic rings. The molecule has 0 amide bonds. The quantitative estimate of drug-likeness (QED) is 0.641. The second-order valence-electron chi connectivity index (χ2n) is 3.65. The predicted molar refractivity (Wildman–Crippen MR) is 55.6 cm³/mol. The SMILES string of the molecule is CNC1CCCc2cccc(N)c21. The van der Waals surface area contributed by atoms with Crippen LogP contribution in [0.2, 0.25) is 0 Å². The van der Waals surface area contributed by atoms with Crippen LogP contribution in [0.5, 0.6) is 0 Å². The molecular weight excluding hydrogens is 160 g/mol. The largest absolute Gasteiger partial charge is 0.398 e. The number of fused-ring (bicyclic) bond motifs is 1. The summed E-state index contributed by atoms with van der Waals surface area (Å²) >= 11 is 0. The summed E-state index contributed by atoms with van der Waals surface area (Å²) in [6.07, 6.45) is 3.65. The summed E-state index contributed by atoms with van der Waals surface area (Å²) in [5.74, 6) is 0. The molecule has 0 spiro atoms. The molecule has 1 aromatic carbocycles. The van der Waals surface area contributed by atoms with E-state index in [1.165, 1.54) is 30.4 Å². The molecule has 70 valence electrons. The van der Waals surface area contributed by atoms with Gasteiger partial charge < -0.3 is 11.1 Å². The number of benzene rings is 1. The number of nitrogens with one attached hydrogen (secondary N) is 1. The van der Waals surface area contributed by atoms with E-state index in [9.17, 15) is 0 Å². The Hall–Kier alpha value is -1.02. The molecule has 0 radical (unpaired) electrons. The number of hydrogen-bond acceptors (Lipinski definition) is 2. The molecule has 0 aliphatic heterocycles. The van der Waals surface area contributed by atoms with Gasteiger partial charge in [-0.1, -0.05) is 12.1 Å². The van der Waals surface area contributed by atoms with Crippen LogP contribution in [0.25, 0.3) is 0 Å². The van der Waals surface area contributed by atoms with Gasteiger partial charge in [-0.15, -0.1) is 0 Å². The molecule has 0 bridgehead atoms. The number of hydrogen-bond donors (Lipinski definition) is 2. The number of aryl methyl sites for hydroxylation is 1. The average molecular weight is 176 g/mol. The smallest absolute Gasteiger partial charge is 0.0365 e. The lowest BCUT2D eigenvalue weighted by atomic mass is 9.87. The van der Waals surface area contributed by atoms with Gasteiger partial charge in [-0.2, -0.15) is 0 Å². The van der Waals surface area contributed by atoms with Crippen molar-refractivity contribution in [1.29, 1.82) is 0 Å². The van der Waals surface area contributed by atoms with Crippen molar-refractivity contribution < 1.29 is 0 Å². The normalized spacial score (nSPS) is 21.2. The van der Waals surface area contributed by atoms with Gasteiger partial charge in [-0.3, -0.25) is 0 Å². The van der Waals surface area contributed by atoms with E-state index in [1.807, 2.05) is 19.2 Å². The summed E-state index contributed by atoms with van der Waals surface area (Å²) in [6.45, 7) is 0. The minimum atomic E-state index is 0.463. The zero-order chi connectivity index (χ0) is 9.26. The first-order valence-corrected chi connectivity index (χ1v) is 4.87. The van der Waals surface area contributed by atoms with Crippen LogP contribution in [0.15, 0.2) is 18.2 Å². The standard InChI is InChI=1S/C11H16N2/c1-13-10-7-3-5-8-4-2-6-9(12)11(8)10/h2,4,6,10,13H,3,5,7,12H2,1H3. The molecule has 0 saturated heterocycles. The zero-order valence-electron chi connectivity index (χ0n) is 8.01. The molecule has 13 heavy (non-hydrogen) atoms. The van der Waals surface area contributed by atoms with Crippen molar-refractivity contribution in [3.05, 3.63) is 29.3 Å². The third-order valence-corrected chi connectivity index (χ3v) is 2.87. The number of nitrogen functional groups attached to an aromatic ring is 1. The highest BCUT2D eigenvalue weighted by Crippen LogP contribution is 2.33. The van der Waals surface area contributed by atoms with Crippen molar-refractivity contribution in [3.8, 4) is 0 Å². The molecule has 2 heteroatoms. The molecular formula is C11H16N2. The van der Waals surface area contributed by atoms with Crippen molar-refractivity contribution in [1.82, 2.24) is 5.32 Å². The van der Waals surface area contributed by atoms with Crippen LogP contribution in [0.1, 0.15) is 30.0 Å². The van der Waals surface area contributed by atoms with E-state index in [2.05, 4.69) is 11.4 Å². The summed E-state index contributed by atoms with van der Waals surface area (Å²) in [6, 6.07) is 6.69. The fourth-order valence-electron chi connectivity index (χ4n) is 2.21.